The summed E-state index contributed by atoms with van der Waals surface area (Å²) >= 11 is 0. The van der Waals surface area contributed by atoms with Gasteiger partial charge in [0, 0.05) is 0 Å². The Morgan fingerprint density at radius 3 is 2.04 bits per heavy atom. The number of rotatable bonds is 5. The van der Waals surface area contributed by atoms with Gasteiger partial charge < -0.3 is 0 Å². The number of sulfone groups is 1. The molecule has 1 unspecified atom stereocenters. The summed E-state index contributed by atoms with van der Waals surface area (Å²) in [5.41, 5.74) is 6.58. The van der Waals surface area contributed by atoms with Gasteiger partial charge in [-0.15, -0.1) is 0 Å². The standard InChI is InChI=1S/C23H30O2S/c1-17-13-21-12-11-19(15-22(21)14-17)8-5-18-6-9-20(10-7-18)16-26(24,25)23(2,3)4/h6-7,9-12,15,17H,5,8,13-14,16H2,1-4H3. The first-order chi connectivity index (χ1) is 12.1. The highest BCUT2D eigenvalue weighted by Crippen LogP contribution is 2.27. The van der Waals surface area contributed by atoms with Gasteiger partial charge in [-0.25, -0.2) is 8.42 Å². The predicted octanol–water partition coefficient (Wildman–Crippen LogP) is 4.92. The molecule has 0 bridgehead atoms. The molecule has 3 rings (SSSR count). The van der Waals surface area contributed by atoms with Crippen molar-refractivity contribution in [2.24, 2.45) is 5.92 Å². The second kappa shape index (κ2) is 7.19. The average molecular weight is 371 g/mol. The lowest BCUT2D eigenvalue weighted by atomic mass is 10.00. The number of hydrogen-bond acceptors (Lipinski definition) is 2. The molecule has 0 aromatic heterocycles. The van der Waals surface area contributed by atoms with E-state index in [1.54, 1.807) is 20.8 Å². The fraction of sp³-hybridized carbons (Fsp3) is 0.478. The molecule has 0 aliphatic heterocycles. The third kappa shape index (κ3) is 4.37. The molecular formula is C23H30O2S. The number of aryl methyl sites for hydroxylation is 2. The second-order valence-corrected chi connectivity index (χ2v) is 11.5. The molecule has 0 saturated heterocycles. The number of benzene rings is 2. The van der Waals surface area contributed by atoms with Crippen LogP contribution in [0.1, 0.15) is 55.5 Å². The lowest BCUT2D eigenvalue weighted by Gasteiger charge is -2.19. The Labute approximate surface area is 158 Å². The fourth-order valence-electron chi connectivity index (χ4n) is 3.57. The maximum Gasteiger partial charge on any atom is 0.159 e. The Balaban J connectivity index is 1.61. The Morgan fingerprint density at radius 1 is 0.846 bits per heavy atom. The van der Waals surface area contributed by atoms with Gasteiger partial charge in [-0.3, -0.25) is 0 Å². The monoisotopic (exact) mass is 370 g/mol. The average Bonchev–Trinajstić information content (AvgIpc) is 2.92. The highest BCUT2D eigenvalue weighted by Gasteiger charge is 2.28. The molecule has 3 heteroatoms. The summed E-state index contributed by atoms with van der Waals surface area (Å²) in [5.74, 6) is 0.886. The van der Waals surface area contributed by atoms with Gasteiger partial charge in [-0.1, -0.05) is 49.4 Å². The van der Waals surface area contributed by atoms with Crippen molar-refractivity contribution in [2.75, 3.05) is 0 Å². The van der Waals surface area contributed by atoms with Gasteiger partial charge in [-0.05, 0) is 80.2 Å². The Hall–Kier alpha value is -1.61. The van der Waals surface area contributed by atoms with Crippen LogP contribution in [0.25, 0.3) is 0 Å². The topological polar surface area (TPSA) is 34.1 Å². The van der Waals surface area contributed by atoms with Crippen LogP contribution in [0.5, 0.6) is 0 Å². The highest BCUT2D eigenvalue weighted by molar-refractivity contribution is 7.91. The lowest BCUT2D eigenvalue weighted by Crippen LogP contribution is -2.29. The molecule has 2 aromatic rings. The molecule has 26 heavy (non-hydrogen) atoms. The summed E-state index contributed by atoms with van der Waals surface area (Å²) in [4.78, 5) is 0. The largest absolute Gasteiger partial charge is 0.228 e. The van der Waals surface area contributed by atoms with Gasteiger partial charge in [0.05, 0.1) is 10.5 Å². The Morgan fingerprint density at radius 2 is 1.38 bits per heavy atom. The van der Waals surface area contributed by atoms with Gasteiger partial charge in [-0.2, -0.15) is 0 Å². The van der Waals surface area contributed by atoms with Crippen molar-refractivity contribution in [3.05, 3.63) is 70.3 Å². The quantitative estimate of drug-likeness (QED) is 0.748. The van der Waals surface area contributed by atoms with E-state index in [0.717, 1.165) is 24.3 Å². The summed E-state index contributed by atoms with van der Waals surface area (Å²) < 4.78 is 24.0. The minimum Gasteiger partial charge on any atom is -0.228 e. The molecule has 2 nitrogen and oxygen atoms in total. The van der Waals surface area contributed by atoms with Crippen molar-refractivity contribution in [3.63, 3.8) is 0 Å². The molecule has 140 valence electrons. The molecule has 0 spiro atoms. The first kappa shape index (κ1) is 19.2. The SMILES string of the molecule is CC1Cc2ccc(CCc3ccc(CS(=O)(=O)C(C)(C)C)cc3)cc2C1. The molecule has 1 aliphatic carbocycles. The molecule has 0 N–H and O–H groups in total. The normalized spacial score (nSPS) is 17.3. The van der Waals surface area contributed by atoms with Crippen LogP contribution in [0.15, 0.2) is 42.5 Å². The van der Waals surface area contributed by atoms with Crippen molar-refractivity contribution in [3.8, 4) is 0 Å². The zero-order valence-electron chi connectivity index (χ0n) is 16.4. The van der Waals surface area contributed by atoms with Crippen LogP contribution >= 0.6 is 0 Å². The smallest absolute Gasteiger partial charge is 0.159 e. The van der Waals surface area contributed by atoms with Crippen molar-refractivity contribution >= 4 is 9.84 Å². The summed E-state index contributed by atoms with van der Waals surface area (Å²) in [6, 6.07) is 15.0. The third-order valence-corrected chi connectivity index (χ3v) is 8.00. The zero-order valence-corrected chi connectivity index (χ0v) is 17.2. The van der Waals surface area contributed by atoms with Crippen LogP contribution in [-0.2, 0) is 41.3 Å². The summed E-state index contributed by atoms with van der Waals surface area (Å²) in [6.45, 7) is 7.59. The van der Waals surface area contributed by atoms with E-state index in [9.17, 15) is 8.42 Å². The predicted molar refractivity (Wildman–Crippen MR) is 109 cm³/mol. The van der Waals surface area contributed by atoms with E-state index in [-0.39, 0.29) is 5.75 Å². The minimum absolute atomic E-state index is 0.111. The first-order valence-corrected chi connectivity index (χ1v) is 11.2. The van der Waals surface area contributed by atoms with Crippen LogP contribution in [0.3, 0.4) is 0 Å². The van der Waals surface area contributed by atoms with Crippen molar-refractivity contribution in [1.82, 2.24) is 0 Å². The summed E-state index contributed by atoms with van der Waals surface area (Å²) in [5, 5.41) is 0. The third-order valence-electron chi connectivity index (χ3n) is 5.42. The van der Waals surface area contributed by atoms with E-state index >= 15 is 0 Å². The molecule has 2 aromatic carbocycles. The van der Waals surface area contributed by atoms with E-state index in [1.807, 2.05) is 12.1 Å². The number of fused-ring (bicyclic) bond motifs is 1. The maximum atomic E-state index is 12.3. The Bertz CT molecular complexity index is 871. The summed E-state index contributed by atoms with van der Waals surface area (Å²) in [6.07, 6.45) is 4.44. The lowest BCUT2D eigenvalue weighted by molar-refractivity contribution is 0.559. The van der Waals surface area contributed by atoms with Gasteiger partial charge in [0.25, 0.3) is 0 Å². The highest BCUT2D eigenvalue weighted by atomic mass is 32.2. The molecule has 0 fully saturated rings. The molecular weight excluding hydrogens is 340 g/mol. The van der Waals surface area contributed by atoms with Crippen LogP contribution < -0.4 is 0 Å². The maximum absolute atomic E-state index is 12.3. The zero-order chi connectivity index (χ0) is 18.9. The van der Waals surface area contributed by atoms with Gasteiger partial charge in [0.2, 0.25) is 0 Å². The van der Waals surface area contributed by atoms with E-state index in [2.05, 4.69) is 37.3 Å². The fourth-order valence-corrected chi connectivity index (χ4v) is 4.64. The summed E-state index contributed by atoms with van der Waals surface area (Å²) in [7, 11) is -3.13. The molecule has 1 atom stereocenters. The van der Waals surface area contributed by atoms with E-state index < -0.39 is 14.6 Å². The molecule has 1 aliphatic rings. The van der Waals surface area contributed by atoms with Gasteiger partial charge in [0.15, 0.2) is 9.84 Å². The van der Waals surface area contributed by atoms with Crippen LogP contribution in [0.2, 0.25) is 0 Å². The molecule has 0 amide bonds. The van der Waals surface area contributed by atoms with Crippen molar-refractivity contribution in [1.29, 1.82) is 0 Å². The van der Waals surface area contributed by atoms with Gasteiger partial charge >= 0.3 is 0 Å². The molecule has 0 radical (unpaired) electrons. The van der Waals surface area contributed by atoms with Gasteiger partial charge in [0.1, 0.15) is 0 Å². The number of hydrogen-bond donors (Lipinski definition) is 0. The van der Waals surface area contributed by atoms with Crippen LogP contribution in [-0.4, -0.2) is 13.2 Å². The first-order valence-electron chi connectivity index (χ1n) is 9.55. The van der Waals surface area contributed by atoms with E-state index in [1.165, 1.54) is 35.1 Å². The van der Waals surface area contributed by atoms with Crippen LogP contribution in [0.4, 0.5) is 0 Å². The second-order valence-electron chi connectivity index (χ2n) is 8.80. The van der Waals surface area contributed by atoms with Crippen molar-refractivity contribution < 1.29 is 8.42 Å². The molecule has 0 heterocycles. The minimum atomic E-state index is -3.13. The van der Waals surface area contributed by atoms with E-state index in [0.29, 0.717) is 0 Å². The van der Waals surface area contributed by atoms with Crippen LogP contribution in [0, 0.1) is 5.92 Å². The van der Waals surface area contributed by atoms with Crippen molar-refractivity contribution in [2.45, 2.75) is 63.9 Å². The Kier molecular flexibility index (Phi) is 5.30. The van der Waals surface area contributed by atoms with E-state index in [4.69, 9.17) is 0 Å². The molecule has 0 saturated carbocycles.